The first kappa shape index (κ1) is 22.8. The van der Waals surface area contributed by atoms with Crippen molar-refractivity contribution in [2.24, 2.45) is 0 Å². The first-order valence-corrected chi connectivity index (χ1v) is 12.3. The molecular weight excluding hydrogens is 438 g/mol. The highest BCUT2D eigenvalue weighted by atomic mass is 32.2. The molecule has 0 radical (unpaired) electrons. The number of ether oxygens (including phenoxy) is 1. The summed E-state index contributed by atoms with van der Waals surface area (Å²) in [4.78, 5) is 12.9. The number of anilines is 1. The average molecular weight is 466 g/mol. The molecule has 2 N–H and O–H groups in total. The maximum atomic E-state index is 13.0. The van der Waals surface area contributed by atoms with Gasteiger partial charge in [-0.2, -0.15) is 0 Å². The Hall–Kier alpha value is -3.36. The summed E-state index contributed by atoms with van der Waals surface area (Å²) in [6.45, 7) is 6.40. The number of carbonyl (C=O) groups excluding carboxylic acids is 1. The van der Waals surface area contributed by atoms with Gasteiger partial charge in [-0.1, -0.05) is 18.2 Å². The Morgan fingerprint density at radius 2 is 1.73 bits per heavy atom. The number of benzene rings is 3. The van der Waals surface area contributed by atoms with E-state index in [9.17, 15) is 13.2 Å². The monoisotopic (exact) mass is 465 g/mol. The molecule has 0 aliphatic heterocycles. The van der Waals surface area contributed by atoms with Crippen molar-refractivity contribution in [3.05, 3.63) is 66.2 Å². The van der Waals surface area contributed by atoms with E-state index in [1.54, 1.807) is 19.9 Å². The number of para-hydroxylation sites is 1. The van der Waals surface area contributed by atoms with Crippen LogP contribution in [0, 0.1) is 0 Å². The second-order valence-corrected chi connectivity index (χ2v) is 9.77. The highest BCUT2D eigenvalue weighted by Gasteiger charge is 2.22. The van der Waals surface area contributed by atoms with Crippen molar-refractivity contribution in [3.63, 3.8) is 0 Å². The number of hydrogen-bond acceptors (Lipinski definition) is 4. The molecule has 33 heavy (non-hydrogen) atoms. The van der Waals surface area contributed by atoms with Crippen LogP contribution in [0.4, 0.5) is 5.69 Å². The van der Waals surface area contributed by atoms with Gasteiger partial charge in [-0.15, -0.1) is 0 Å². The van der Waals surface area contributed by atoms with Crippen molar-refractivity contribution < 1.29 is 17.9 Å². The number of aromatic nitrogens is 1. The van der Waals surface area contributed by atoms with Crippen LogP contribution in [0.15, 0.2) is 65.6 Å². The van der Waals surface area contributed by atoms with Crippen molar-refractivity contribution >= 4 is 43.4 Å². The highest BCUT2D eigenvalue weighted by molar-refractivity contribution is 7.89. The van der Waals surface area contributed by atoms with Gasteiger partial charge in [0.25, 0.3) is 5.91 Å². The summed E-state index contributed by atoms with van der Waals surface area (Å²) in [5, 5.41) is 5.05. The molecule has 0 aliphatic rings. The zero-order chi connectivity index (χ0) is 23.8. The van der Waals surface area contributed by atoms with Gasteiger partial charge in [-0.05, 0) is 63.2 Å². The van der Waals surface area contributed by atoms with Gasteiger partial charge in [-0.3, -0.25) is 4.79 Å². The van der Waals surface area contributed by atoms with Crippen molar-refractivity contribution in [2.45, 2.75) is 38.3 Å². The predicted octanol–water partition coefficient (Wildman–Crippen LogP) is 4.76. The quantitative estimate of drug-likeness (QED) is 0.412. The lowest BCUT2D eigenvalue weighted by Gasteiger charge is -2.14. The molecule has 4 aromatic rings. The third-order valence-corrected chi connectivity index (χ3v) is 7.13. The zero-order valence-corrected chi connectivity index (χ0v) is 19.9. The first-order chi connectivity index (χ1) is 15.7. The van der Waals surface area contributed by atoms with E-state index >= 15 is 0 Å². The third kappa shape index (κ3) is 4.31. The second kappa shape index (κ2) is 8.88. The first-order valence-electron chi connectivity index (χ1n) is 10.8. The third-order valence-electron chi connectivity index (χ3n) is 5.45. The Morgan fingerprint density at radius 3 is 2.42 bits per heavy atom. The standard InChI is InChI=1S/C25H27N3O4S/c1-5-28-21-9-7-6-8-19(21)20-15-18(11-12-22(20)28)26-25(29)17-10-13-23(32-4)24(14-17)33(30,31)27-16(2)3/h6-16,27H,5H2,1-4H3,(H,26,29). The molecule has 4 rings (SSSR count). The van der Waals surface area contributed by atoms with Crippen LogP contribution < -0.4 is 14.8 Å². The summed E-state index contributed by atoms with van der Waals surface area (Å²) in [7, 11) is -2.45. The predicted molar refractivity (Wildman–Crippen MR) is 132 cm³/mol. The Morgan fingerprint density at radius 1 is 1.00 bits per heavy atom. The molecule has 0 spiro atoms. The molecule has 1 heterocycles. The van der Waals surface area contributed by atoms with Gasteiger partial charge in [0.1, 0.15) is 10.6 Å². The minimum atomic E-state index is -3.84. The summed E-state index contributed by atoms with van der Waals surface area (Å²) in [6, 6.07) is 18.0. The number of fused-ring (bicyclic) bond motifs is 3. The van der Waals surface area contributed by atoms with Crippen LogP contribution in [0.3, 0.4) is 0 Å². The maximum Gasteiger partial charge on any atom is 0.255 e. The molecule has 0 aliphatic carbocycles. The van der Waals surface area contributed by atoms with E-state index in [1.165, 1.54) is 19.2 Å². The topological polar surface area (TPSA) is 89.4 Å². The summed E-state index contributed by atoms with van der Waals surface area (Å²) >= 11 is 0. The summed E-state index contributed by atoms with van der Waals surface area (Å²) in [5.41, 5.74) is 3.08. The average Bonchev–Trinajstić information content (AvgIpc) is 3.10. The number of hydrogen-bond donors (Lipinski definition) is 2. The summed E-state index contributed by atoms with van der Waals surface area (Å²) < 4.78 is 35.4. The molecule has 1 aromatic heterocycles. The number of sulfonamides is 1. The lowest BCUT2D eigenvalue weighted by Crippen LogP contribution is -2.30. The Balaban J connectivity index is 1.70. The molecular formula is C25H27N3O4S. The minimum Gasteiger partial charge on any atom is -0.495 e. The van der Waals surface area contributed by atoms with Crippen LogP contribution in [0.5, 0.6) is 5.75 Å². The van der Waals surface area contributed by atoms with Crippen LogP contribution >= 0.6 is 0 Å². The number of carbonyl (C=O) groups is 1. The van der Waals surface area contributed by atoms with E-state index in [2.05, 4.69) is 33.7 Å². The van der Waals surface area contributed by atoms with Gasteiger partial charge in [0.05, 0.1) is 7.11 Å². The molecule has 0 unspecified atom stereocenters. The van der Waals surface area contributed by atoms with E-state index < -0.39 is 15.9 Å². The Labute approximate surface area is 193 Å². The fourth-order valence-electron chi connectivity index (χ4n) is 4.08. The highest BCUT2D eigenvalue weighted by Crippen LogP contribution is 2.31. The molecule has 0 saturated carbocycles. The van der Waals surface area contributed by atoms with Gasteiger partial charge < -0.3 is 14.6 Å². The summed E-state index contributed by atoms with van der Waals surface area (Å²) in [6.07, 6.45) is 0. The maximum absolute atomic E-state index is 13.0. The molecule has 8 heteroatoms. The lowest BCUT2D eigenvalue weighted by atomic mass is 10.1. The van der Waals surface area contributed by atoms with Crippen molar-refractivity contribution in [3.8, 4) is 5.75 Å². The molecule has 7 nitrogen and oxygen atoms in total. The van der Waals surface area contributed by atoms with Crippen molar-refractivity contribution in [1.82, 2.24) is 9.29 Å². The number of rotatable bonds is 7. The van der Waals surface area contributed by atoms with Gasteiger partial charge in [0.2, 0.25) is 10.0 Å². The van der Waals surface area contributed by atoms with E-state index in [-0.39, 0.29) is 22.3 Å². The van der Waals surface area contributed by atoms with Crippen LogP contribution in [0.2, 0.25) is 0 Å². The van der Waals surface area contributed by atoms with Crippen LogP contribution in [0.1, 0.15) is 31.1 Å². The minimum absolute atomic E-state index is 0.0761. The lowest BCUT2D eigenvalue weighted by molar-refractivity contribution is 0.102. The van der Waals surface area contributed by atoms with Crippen molar-refractivity contribution in [2.75, 3.05) is 12.4 Å². The second-order valence-electron chi connectivity index (χ2n) is 8.09. The van der Waals surface area contributed by atoms with Crippen LogP contribution in [-0.4, -0.2) is 32.0 Å². The van der Waals surface area contributed by atoms with Crippen molar-refractivity contribution in [1.29, 1.82) is 0 Å². The van der Waals surface area contributed by atoms with E-state index in [1.807, 2.05) is 30.3 Å². The molecule has 0 atom stereocenters. The SMILES string of the molecule is CCn1c2ccccc2c2cc(NC(=O)c3ccc(OC)c(S(=O)(=O)NC(C)C)c3)ccc21. The van der Waals surface area contributed by atoms with Gasteiger partial charge in [0.15, 0.2) is 0 Å². The number of aryl methyl sites for hydroxylation is 1. The largest absolute Gasteiger partial charge is 0.495 e. The fourth-order valence-corrected chi connectivity index (χ4v) is 5.52. The molecule has 1 amide bonds. The number of nitrogens with zero attached hydrogens (tertiary/aromatic N) is 1. The normalized spacial score (nSPS) is 11.9. The number of methoxy groups -OCH3 is 1. The van der Waals surface area contributed by atoms with Crippen LogP contribution in [-0.2, 0) is 16.6 Å². The van der Waals surface area contributed by atoms with Gasteiger partial charge in [0, 0.05) is 45.6 Å². The molecule has 172 valence electrons. The summed E-state index contributed by atoms with van der Waals surface area (Å²) in [5.74, 6) is -0.231. The molecule has 3 aromatic carbocycles. The van der Waals surface area contributed by atoms with E-state index in [0.29, 0.717) is 5.69 Å². The number of amides is 1. The van der Waals surface area contributed by atoms with E-state index in [4.69, 9.17) is 4.74 Å². The Kier molecular flexibility index (Phi) is 6.14. The molecule has 0 saturated heterocycles. The van der Waals surface area contributed by atoms with E-state index in [0.717, 1.165) is 28.4 Å². The van der Waals surface area contributed by atoms with Gasteiger partial charge >= 0.3 is 0 Å². The zero-order valence-electron chi connectivity index (χ0n) is 19.0. The van der Waals surface area contributed by atoms with Crippen LogP contribution in [0.25, 0.3) is 21.8 Å². The fraction of sp³-hybridized carbons (Fsp3) is 0.240. The number of nitrogens with one attached hydrogen (secondary N) is 2. The van der Waals surface area contributed by atoms with Gasteiger partial charge in [-0.25, -0.2) is 13.1 Å². The molecule has 0 bridgehead atoms. The Bertz CT molecular complexity index is 1460. The molecule has 0 fully saturated rings. The smallest absolute Gasteiger partial charge is 0.255 e.